The van der Waals surface area contributed by atoms with Crippen LogP contribution in [0, 0.1) is 0 Å². The Morgan fingerprint density at radius 3 is 2.24 bits per heavy atom. The highest BCUT2D eigenvalue weighted by molar-refractivity contribution is 5.89. The summed E-state index contributed by atoms with van der Waals surface area (Å²) in [6, 6.07) is 25.2. The molecule has 2 amide bonds. The molecule has 1 aliphatic rings. The van der Waals surface area contributed by atoms with Gasteiger partial charge < -0.3 is 24.4 Å². The zero-order valence-corrected chi connectivity index (χ0v) is 21.8. The van der Waals surface area contributed by atoms with Crippen LogP contribution in [0.2, 0.25) is 0 Å². The molecule has 0 aromatic heterocycles. The number of nitrogens with zero attached hydrogens (tertiary/aromatic N) is 2. The van der Waals surface area contributed by atoms with Crippen molar-refractivity contribution in [2.24, 2.45) is 0 Å². The third kappa shape index (κ3) is 7.81. The van der Waals surface area contributed by atoms with E-state index in [1.807, 2.05) is 72.8 Å². The van der Waals surface area contributed by atoms with Crippen molar-refractivity contribution in [2.75, 3.05) is 53.1 Å². The SMILES string of the molecule is COc1ccc(CN(C(=O)COc2ccccc2)[C@@H](C(=O)NCCN2CCOCC2)c2ccccc2)cc1. The summed E-state index contributed by atoms with van der Waals surface area (Å²) in [6.45, 7) is 4.33. The van der Waals surface area contributed by atoms with Crippen LogP contribution in [0.15, 0.2) is 84.9 Å². The second kappa shape index (κ2) is 14.2. The molecule has 38 heavy (non-hydrogen) atoms. The Morgan fingerprint density at radius 2 is 1.58 bits per heavy atom. The molecule has 1 heterocycles. The largest absolute Gasteiger partial charge is 0.497 e. The minimum atomic E-state index is -0.824. The number of hydrogen-bond acceptors (Lipinski definition) is 6. The Morgan fingerprint density at radius 1 is 0.921 bits per heavy atom. The van der Waals surface area contributed by atoms with E-state index in [2.05, 4.69) is 10.2 Å². The number of morpholine rings is 1. The molecule has 0 spiro atoms. The first kappa shape index (κ1) is 27.2. The Balaban J connectivity index is 1.55. The topological polar surface area (TPSA) is 80.3 Å². The fraction of sp³-hybridized carbons (Fsp3) is 0.333. The number of carbonyl (C=O) groups is 2. The maximum Gasteiger partial charge on any atom is 0.261 e. The minimum absolute atomic E-state index is 0.190. The van der Waals surface area contributed by atoms with Gasteiger partial charge in [0.25, 0.3) is 5.91 Å². The Labute approximate surface area is 224 Å². The van der Waals surface area contributed by atoms with Crippen molar-refractivity contribution in [1.29, 1.82) is 0 Å². The number of nitrogens with one attached hydrogen (secondary N) is 1. The highest BCUT2D eigenvalue weighted by Gasteiger charge is 2.32. The summed E-state index contributed by atoms with van der Waals surface area (Å²) in [5.74, 6) is 0.795. The number of benzene rings is 3. The molecule has 0 radical (unpaired) electrons. The van der Waals surface area contributed by atoms with E-state index in [4.69, 9.17) is 14.2 Å². The third-order valence-electron chi connectivity index (χ3n) is 6.44. The van der Waals surface area contributed by atoms with Crippen molar-refractivity contribution in [2.45, 2.75) is 12.6 Å². The minimum Gasteiger partial charge on any atom is -0.497 e. The van der Waals surface area contributed by atoms with Gasteiger partial charge in [0.2, 0.25) is 5.91 Å². The van der Waals surface area contributed by atoms with Gasteiger partial charge in [-0.15, -0.1) is 0 Å². The van der Waals surface area contributed by atoms with Gasteiger partial charge in [0, 0.05) is 32.7 Å². The summed E-state index contributed by atoms with van der Waals surface area (Å²) in [6.07, 6.45) is 0. The van der Waals surface area contributed by atoms with Crippen LogP contribution in [0.3, 0.4) is 0 Å². The molecule has 3 aromatic carbocycles. The number of carbonyl (C=O) groups excluding carboxylic acids is 2. The second-order valence-electron chi connectivity index (χ2n) is 9.03. The molecule has 1 aliphatic heterocycles. The predicted molar refractivity (Wildman–Crippen MR) is 145 cm³/mol. The maximum absolute atomic E-state index is 13.7. The molecule has 4 rings (SSSR count). The molecule has 1 fully saturated rings. The van der Waals surface area contributed by atoms with E-state index < -0.39 is 6.04 Å². The Kier molecular flexibility index (Phi) is 10.1. The van der Waals surface area contributed by atoms with E-state index >= 15 is 0 Å². The van der Waals surface area contributed by atoms with Crippen molar-refractivity contribution in [3.8, 4) is 11.5 Å². The monoisotopic (exact) mass is 517 g/mol. The molecule has 1 N–H and O–H groups in total. The number of methoxy groups -OCH3 is 1. The van der Waals surface area contributed by atoms with Crippen molar-refractivity contribution in [1.82, 2.24) is 15.1 Å². The lowest BCUT2D eigenvalue weighted by Gasteiger charge is -2.32. The predicted octanol–water partition coefficient (Wildman–Crippen LogP) is 3.29. The van der Waals surface area contributed by atoms with Crippen LogP contribution in [-0.2, 0) is 20.9 Å². The van der Waals surface area contributed by atoms with Crippen LogP contribution >= 0.6 is 0 Å². The first-order chi connectivity index (χ1) is 18.6. The number of ether oxygens (including phenoxy) is 3. The lowest BCUT2D eigenvalue weighted by atomic mass is 10.0. The molecular formula is C30H35N3O5. The van der Waals surface area contributed by atoms with Gasteiger partial charge >= 0.3 is 0 Å². The summed E-state index contributed by atoms with van der Waals surface area (Å²) in [7, 11) is 1.61. The molecular weight excluding hydrogens is 482 g/mol. The summed E-state index contributed by atoms with van der Waals surface area (Å²) >= 11 is 0. The molecule has 200 valence electrons. The normalized spacial score (nSPS) is 14.3. The molecule has 1 atom stereocenters. The standard InChI is InChI=1S/C30H35N3O5/c1-36-26-14-12-24(13-15-26)22-33(28(34)23-38-27-10-6-3-7-11-27)29(25-8-4-2-5-9-25)30(35)31-16-17-32-18-20-37-21-19-32/h2-15,29H,16-23H2,1H3,(H,31,35)/t29-/m1/s1. The zero-order valence-electron chi connectivity index (χ0n) is 21.8. The second-order valence-corrected chi connectivity index (χ2v) is 9.03. The van der Waals surface area contributed by atoms with Crippen LogP contribution < -0.4 is 14.8 Å². The zero-order chi connectivity index (χ0) is 26.6. The average molecular weight is 518 g/mol. The van der Waals surface area contributed by atoms with E-state index in [0.717, 1.165) is 36.5 Å². The van der Waals surface area contributed by atoms with Gasteiger partial charge in [-0.05, 0) is 35.4 Å². The van der Waals surface area contributed by atoms with Gasteiger partial charge in [0.1, 0.15) is 17.5 Å². The van der Waals surface area contributed by atoms with Crippen molar-refractivity contribution >= 4 is 11.8 Å². The highest BCUT2D eigenvalue weighted by Crippen LogP contribution is 2.25. The van der Waals surface area contributed by atoms with Crippen LogP contribution in [-0.4, -0.2) is 74.7 Å². The molecule has 8 nitrogen and oxygen atoms in total. The summed E-state index contributed by atoms with van der Waals surface area (Å²) in [5, 5.41) is 3.07. The summed E-state index contributed by atoms with van der Waals surface area (Å²) in [5.41, 5.74) is 1.61. The van der Waals surface area contributed by atoms with Crippen molar-refractivity contribution < 1.29 is 23.8 Å². The molecule has 3 aromatic rings. The number of para-hydroxylation sites is 1. The lowest BCUT2D eigenvalue weighted by molar-refractivity contribution is -0.143. The van der Waals surface area contributed by atoms with E-state index in [-0.39, 0.29) is 25.0 Å². The molecule has 0 aliphatic carbocycles. The summed E-state index contributed by atoms with van der Waals surface area (Å²) < 4.78 is 16.5. The van der Waals surface area contributed by atoms with E-state index in [1.54, 1.807) is 24.1 Å². The number of hydrogen-bond donors (Lipinski definition) is 1. The quantitative estimate of drug-likeness (QED) is 0.397. The van der Waals surface area contributed by atoms with Gasteiger partial charge in [-0.1, -0.05) is 60.7 Å². The lowest BCUT2D eigenvalue weighted by Crippen LogP contribution is -2.47. The molecule has 0 bridgehead atoms. The smallest absolute Gasteiger partial charge is 0.261 e. The van der Waals surface area contributed by atoms with Gasteiger partial charge in [0.05, 0.1) is 20.3 Å². The van der Waals surface area contributed by atoms with Gasteiger partial charge in [-0.25, -0.2) is 0 Å². The average Bonchev–Trinajstić information content (AvgIpc) is 2.97. The summed E-state index contributed by atoms with van der Waals surface area (Å²) in [4.78, 5) is 31.2. The van der Waals surface area contributed by atoms with Gasteiger partial charge in [-0.3, -0.25) is 14.5 Å². The third-order valence-corrected chi connectivity index (χ3v) is 6.44. The first-order valence-electron chi connectivity index (χ1n) is 12.9. The van der Waals surface area contributed by atoms with E-state index in [9.17, 15) is 9.59 Å². The highest BCUT2D eigenvalue weighted by atomic mass is 16.5. The van der Waals surface area contributed by atoms with Crippen LogP contribution in [0.1, 0.15) is 17.2 Å². The van der Waals surface area contributed by atoms with Crippen LogP contribution in [0.25, 0.3) is 0 Å². The molecule has 0 saturated carbocycles. The van der Waals surface area contributed by atoms with Crippen molar-refractivity contribution in [3.63, 3.8) is 0 Å². The maximum atomic E-state index is 13.7. The fourth-order valence-corrected chi connectivity index (χ4v) is 4.36. The Bertz CT molecular complexity index is 1140. The van der Waals surface area contributed by atoms with Crippen LogP contribution in [0.5, 0.6) is 11.5 Å². The van der Waals surface area contributed by atoms with Crippen LogP contribution in [0.4, 0.5) is 0 Å². The fourth-order valence-electron chi connectivity index (χ4n) is 4.36. The van der Waals surface area contributed by atoms with E-state index in [1.165, 1.54) is 0 Å². The number of rotatable bonds is 12. The van der Waals surface area contributed by atoms with Gasteiger partial charge in [0.15, 0.2) is 6.61 Å². The first-order valence-corrected chi connectivity index (χ1v) is 12.9. The molecule has 0 unspecified atom stereocenters. The Hall–Kier alpha value is -3.88. The van der Waals surface area contributed by atoms with E-state index in [0.29, 0.717) is 25.5 Å². The molecule has 8 heteroatoms. The number of amides is 2. The molecule has 1 saturated heterocycles. The van der Waals surface area contributed by atoms with Crippen molar-refractivity contribution in [3.05, 3.63) is 96.1 Å². The van der Waals surface area contributed by atoms with Gasteiger partial charge in [-0.2, -0.15) is 0 Å².